The molecule has 0 amide bonds. The highest BCUT2D eigenvalue weighted by Crippen LogP contribution is 2.20. The number of pyridine rings is 1. The first-order valence-electron chi connectivity index (χ1n) is 7.66. The number of methoxy groups -OCH3 is 1. The lowest BCUT2D eigenvalue weighted by Gasteiger charge is -2.31. The number of aryl methyl sites for hydroxylation is 1. The fourth-order valence-corrected chi connectivity index (χ4v) is 2.73. The van der Waals surface area contributed by atoms with E-state index in [9.17, 15) is 0 Å². The molecule has 0 saturated heterocycles. The highest BCUT2D eigenvalue weighted by atomic mass is 32.1. The van der Waals surface area contributed by atoms with Gasteiger partial charge in [-0.25, -0.2) is 0 Å². The van der Waals surface area contributed by atoms with Gasteiger partial charge in [-0.1, -0.05) is 18.2 Å². The summed E-state index contributed by atoms with van der Waals surface area (Å²) in [6.45, 7) is 5.47. The predicted molar refractivity (Wildman–Crippen MR) is 98.6 cm³/mol. The first-order valence-corrected chi connectivity index (χ1v) is 8.07. The summed E-state index contributed by atoms with van der Waals surface area (Å²) in [5.74, 6) is 0. The molecule has 1 atom stereocenters. The smallest absolute Gasteiger partial charge is 0.174 e. The standard InChI is InChI=1S/C18H23N3OS/c1-14-7-6-8-16(13-14)20-18(23)21(11-12-22-3)15(2)17-9-4-5-10-19-17/h4-10,13,15H,11-12H2,1-3H3,(H,20,23). The van der Waals surface area contributed by atoms with E-state index in [0.29, 0.717) is 18.3 Å². The summed E-state index contributed by atoms with van der Waals surface area (Å²) in [7, 11) is 1.70. The van der Waals surface area contributed by atoms with E-state index in [1.54, 1.807) is 13.3 Å². The van der Waals surface area contributed by atoms with Gasteiger partial charge in [0.25, 0.3) is 0 Å². The monoisotopic (exact) mass is 329 g/mol. The zero-order valence-corrected chi connectivity index (χ0v) is 14.6. The first-order chi connectivity index (χ1) is 11.1. The Morgan fingerprint density at radius 3 is 2.78 bits per heavy atom. The Balaban J connectivity index is 2.15. The molecule has 0 bridgehead atoms. The lowest BCUT2D eigenvalue weighted by Crippen LogP contribution is -2.39. The van der Waals surface area contributed by atoms with Crippen LogP contribution in [0.4, 0.5) is 5.69 Å². The van der Waals surface area contributed by atoms with Gasteiger partial charge in [0.2, 0.25) is 0 Å². The van der Waals surface area contributed by atoms with E-state index in [4.69, 9.17) is 17.0 Å². The van der Waals surface area contributed by atoms with Crippen LogP contribution in [-0.2, 0) is 4.74 Å². The molecule has 0 saturated carbocycles. The molecule has 0 spiro atoms. The van der Waals surface area contributed by atoms with Crippen LogP contribution < -0.4 is 5.32 Å². The zero-order chi connectivity index (χ0) is 16.7. The van der Waals surface area contributed by atoms with Gasteiger partial charge in [-0.2, -0.15) is 0 Å². The van der Waals surface area contributed by atoms with E-state index in [2.05, 4.69) is 41.2 Å². The molecule has 122 valence electrons. The second-order valence-electron chi connectivity index (χ2n) is 5.42. The zero-order valence-electron chi connectivity index (χ0n) is 13.8. The molecule has 1 aromatic carbocycles. The Hall–Kier alpha value is -1.98. The maximum atomic E-state index is 5.62. The summed E-state index contributed by atoms with van der Waals surface area (Å²) in [5.41, 5.74) is 3.17. The van der Waals surface area contributed by atoms with Crippen molar-refractivity contribution in [2.75, 3.05) is 25.6 Å². The predicted octanol–water partition coefficient (Wildman–Crippen LogP) is 3.80. The number of aromatic nitrogens is 1. The number of thiocarbonyl (C=S) groups is 1. The molecular formula is C18H23N3OS. The van der Waals surface area contributed by atoms with Gasteiger partial charge >= 0.3 is 0 Å². The number of anilines is 1. The normalized spacial score (nSPS) is 11.8. The molecule has 5 heteroatoms. The van der Waals surface area contributed by atoms with Crippen molar-refractivity contribution in [3.05, 3.63) is 59.9 Å². The Morgan fingerprint density at radius 2 is 2.13 bits per heavy atom. The molecule has 4 nitrogen and oxygen atoms in total. The summed E-state index contributed by atoms with van der Waals surface area (Å²) < 4.78 is 5.23. The number of benzene rings is 1. The van der Waals surface area contributed by atoms with Gasteiger partial charge in [0.05, 0.1) is 18.3 Å². The number of nitrogens with one attached hydrogen (secondary N) is 1. The van der Waals surface area contributed by atoms with Crippen LogP contribution in [0.2, 0.25) is 0 Å². The molecule has 1 heterocycles. The highest BCUT2D eigenvalue weighted by Gasteiger charge is 2.19. The van der Waals surface area contributed by atoms with Crippen molar-refractivity contribution in [1.29, 1.82) is 0 Å². The Kier molecular flexibility index (Phi) is 6.50. The minimum Gasteiger partial charge on any atom is -0.383 e. The van der Waals surface area contributed by atoms with Crippen molar-refractivity contribution in [1.82, 2.24) is 9.88 Å². The maximum Gasteiger partial charge on any atom is 0.174 e. The molecule has 1 N–H and O–H groups in total. The molecule has 1 aromatic heterocycles. The highest BCUT2D eigenvalue weighted by molar-refractivity contribution is 7.80. The van der Waals surface area contributed by atoms with Gasteiger partial charge in [0, 0.05) is 25.5 Å². The minimum absolute atomic E-state index is 0.0659. The van der Waals surface area contributed by atoms with E-state index < -0.39 is 0 Å². The van der Waals surface area contributed by atoms with E-state index in [1.807, 2.05) is 30.3 Å². The van der Waals surface area contributed by atoms with Gasteiger partial charge < -0.3 is 15.0 Å². The summed E-state index contributed by atoms with van der Waals surface area (Å²) in [6, 6.07) is 14.2. The number of nitrogens with zero attached hydrogens (tertiary/aromatic N) is 2. The van der Waals surface area contributed by atoms with Gasteiger partial charge in [0.1, 0.15) is 0 Å². The number of ether oxygens (including phenoxy) is 1. The average Bonchev–Trinajstić information content (AvgIpc) is 2.56. The van der Waals surface area contributed by atoms with Crippen LogP contribution >= 0.6 is 12.2 Å². The molecular weight excluding hydrogens is 306 g/mol. The lowest BCUT2D eigenvalue weighted by atomic mass is 10.2. The Morgan fingerprint density at radius 1 is 1.30 bits per heavy atom. The van der Waals surface area contributed by atoms with Crippen LogP contribution in [-0.4, -0.2) is 35.3 Å². The number of rotatable bonds is 6. The minimum atomic E-state index is 0.0659. The topological polar surface area (TPSA) is 37.4 Å². The molecule has 0 fully saturated rings. The summed E-state index contributed by atoms with van der Waals surface area (Å²) >= 11 is 5.62. The third-order valence-corrected chi connectivity index (χ3v) is 3.99. The average molecular weight is 329 g/mol. The van der Waals surface area contributed by atoms with Gasteiger partial charge in [-0.15, -0.1) is 0 Å². The largest absolute Gasteiger partial charge is 0.383 e. The number of hydrogen-bond acceptors (Lipinski definition) is 3. The third-order valence-electron chi connectivity index (χ3n) is 3.65. The second-order valence-corrected chi connectivity index (χ2v) is 5.80. The Labute approximate surface area is 143 Å². The van der Waals surface area contributed by atoms with E-state index in [-0.39, 0.29) is 6.04 Å². The van der Waals surface area contributed by atoms with Crippen molar-refractivity contribution < 1.29 is 4.74 Å². The van der Waals surface area contributed by atoms with Crippen LogP contribution in [0.25, 0.3) is 0 Å². The molecule has 0 aliphatic heterocycles. The Bertz CT molecular complexity index is 633. The van der Waals surface area contributed by atoms with Crippen molar-refractivity contribution in [2.24, 2.45) is 0 Å². The maximum absolute atomic E-state index is 5.62. The second kappa shape index (κ2) is 8.60. The summed E-state index contributed by atoms with van der Waals surface area (Å²) in [6.07, 6.45) is 1.80. The van der Waals surface area contributed by atoms with Crippen LogP contribution in [0.1, 0.15) is 24.2 Å². The molecule has 0 aliphatic carbocycles. The van der Waals surface area contributed by atoms with E-state index in [0.717, 1.165) is 11.4 Å². The van der Waals surface area contributed by atoms with Crippen molar-refractivity contribution in [3.8, 4) is 0 Å². The SMILES string of the molecule is COCCN(C(=S)Nc1cccc(C)c1)C(C)c1ccccn1. The van der Waals surface area contributed by atoms with Crippen LogP contribution in [0.5, 0.6) is 0 Å². The van der Waals surface area contributed by atoms with Crippen molar-refractivity contribution in [2.45, 2.75) is 19.9 Å². The third kappa shape index (κ3) is 5.01. The van der Waals surface area contributed by atoms with Crippen LogP contribution in [0.3, 0.4) is 0 Å². The van der Waals surface area contributed by atoms with Crippen molar-refractivity contribution >= 4 is 23.0 Å². The first kappa shape index (κ1) is 17.4. The fourth-order valence-electron chi connectivity index (χ4n) is 2.36. The van der Waals surface area contributed by atoms with E-state index in [1.165, 1.54) is 5.56 Å². The molecule has 23 heavy (non-hydrogen) atoms. The number of hydrogen-bond donors (Lipinski definition) is 1. The quantitative estimate of drug-likeness (QED) is 0.816. The summed E-state index contributed by atoms with van der Waals surface area (Å²) in [4.78, 5) is 6.54. The van der Waals surface area contributed by atoms with Crippen molar-refractivity contribution in [3.63, 3.8) is 0 Å². The fraction of sp³-hybridized carbons (Fsp3) is 0.333. The molecule has 0 aliphatic rings. The summed E-state index contributed by atoms with van der Waals surface area (Å²) in [5, 5.41) is 3.99. The van der Waals surface area contributed by atoms with E-state index >= 15 is 0 Å². The van der Waals surface area contributed by atoms with Crippen LogP contribution in [0.15, 0.2) is 48.7 Å². The van der Waals surface area contributed by atoms with Gasteiger partial charge in [-0.3, -0.25) is 4.98 Å². The molecule has 2 aromatic rings. The lowest BCUT2D eigenvalue weighted by molar-refractivity contribution is 0.164. The molecule has 1 unspecified atom stereocenters. The van der Waals surface area contributed by atoms with Gasteiger partial charge in [-0.05, 0) is 55.9 Å². The molecule has 2 rings (SSSR count). The van der Waals surface area contributed by atoms with Crippen LogP contribution in [0, 0.1) is 6.92 Å². The van der Waals surface area contributed by atoms with Gasteiger partial charge in [0.15, 0.2) is 5.11 Å². The molecule has 0 radical (unpaired) electrons.